The van der Waals surface area contributed by atoms with Gasteiger partial charge in [0.1, 0.15) is 0 Å². The Balaban J connectivity index is 1.38. The van der Waals surface area contributed by atoms with Gasteiger partial charge in [0.2, 0.25) is 0 Å². The molecule has 1 fully saturated rings. The summed E-state index contributed by atoms with van der Waals surface area (Å²) >= 11 is 6.69. The van der Waals surface area contributed by atoms with Gasteiger partial charge in [-0.2, -0.15) is 5.10 Å². The first-order chi connectivity index (χ1) is 15.5. The maximum absolute atomic E-state index is 13.2. The zero-order valence-electron chi connectivity index (χ0n) is 17.4. The summed E-state index contributed by atoms with van der Waals surface area (Å²) in [6, 6.07) is 13.0. The van der Waals surface area contributed by atoms with Gasteiger partial charge in [0.15, 0.2) is 11.4 Å². The van der Waals surface area contributed by atoms with Crippen molar-refractivity contribution in [1.29, 1.82) is 0 Å². The SMILES string of the molecule is Cc1nn(-c2ccccc2)c2ncc(C(=O)N3CCN(C(=O)c4ccco4)CC3)c(Cl)c12. The number of piperazine rings is 1. The summed E-state index contributed by atoms with van der Waals surface area (Å²) in [4.78, 5) is 33.6. The van der Waals surface area contributed by atoms with Gasteiger partial charge in [0.25, 0.3) is 11.8 Å². The number of nitrogens with zero attached hydrogens (tertiary/aromatic N) is 5. The second-order valence-corrected chi connectivity index (χ2v) is 7.96. The average Bonchev–Trinajstić information content (AvgIpc) is 3.48. The standard InChI is InChI=1S/C23H20ClN5O3/c1-15-19-20(24)17(14-25-21(19)29(26-15)16-6-3-2-4-7-16)22(30)27-9-11-28(12-10-27)23(31)18-8-5-13-32-18/h2-8,13-14H,9-12H2,1H3. The van der Waals surface area contributed by atoms with E-state index in [9.17, 15) is 9.59 Å². The Hall–Kier alpha value is -3.65. The van der Waals surface area contributed by atoms with Crippen LogP contribution in [0.5, 0.6) is 0 Å². The van der Waals surface area contributed by atoms with Crippen LogP contribution in [0.15, 0.2) is 59.3 Å². The van der Waals surface area contributed by atoms with E-state index in [-0.39, 0.29) is 11.8 Å². The zero-order chi connectivity index (χ0) is 22.2. The summed E-state index contributed by atoms with van der Waals surface area (Å²) in [5.41, 5.74) is 2.50. The van der Waals surface area contributed by atoms with Crippen molar-refractivity contribution in [1.82, 2.24) is 24.6 Å². The minimum atomic E-state index is -0.207. The maximum atomic E-state index is 13.2. The average molecular weight is 450 g/mol. The Morgan fingerprint density at radius 3 is 2.31 bits per heavy atom. The van der Waals surface area contributed by atoms with Crippen LogP contribution in [0.1, 0.15) is 26.6 Å². The molecule has 0 radical (unpaired) electrons. The number of rotatable bonds is 3. The first-order valence-electron chi connectivity index (χ1n) is 10.3. The monoisotopic (exact) mass is 449 g/mol. The Bertz CT molecular complexity index is 1290. The Labute approximate surface area is 189 Å². The lowest BCUT2D eigenvalue weighted by molar-refractivity contribution is 0.0518. The molecule has 1 aliphatic rings. The number of carbonyl (C=O) groups excluding carboxylic acids is 2. The van der Waals surface area contributed by atoms with Crippen LogP contribution in [0.3, 0.4) is 0 Å². The van der Waals surface area contributed by atoms with Gasteiger partial charge >= 0.3 is 0 Å². The molecule has 4 heterocycles. The van der Waals surface area contributed by atoms with Gasteiger partial charge < -0.3 is 14.2 Å². The minimum absolute atomic E-state index is 0.174. The molecule has 0 spiro atoms. The molecule has 9 heteroatoms. The Morgan fingerprint density at radius 1 is 0.969 bits per heavy atom. The van der Waals surface area contributed by atoms with Crippen LogP contribution in [0, 0.1) is 6.92 Å². The number of carbonyl (C=O) groups is 2. The third-order valence-corrected chi connectivity index (χ3v) is 6.02. The van der Waals surface area contributed by atoms with E-state index in [2.05, 4.69) is 10.1 Å². The van der Waals surface area contributed by atoms with Crippen LogP contribution in [0.2, 0.25) is 5.02 Å². The van der Waals surface area contributed by atoms with Crippen molar-refractivity contribution in [3.8, 4) is 5.69 Å². The molecule has 0 N–H and O–H groups in total. The molecule has 162 valence electrons. The van der Waals surface area contributed by atoms with Crippen LogP contribution < -0.4 is 0 Å². The number of hydrogen-bond acceptors (Lipinski definition) is 5. The lowest BCUT2D eigenvalue weighted by atomic mass is 10.1. The first-order valence-corrected chi connectivity index (χ1v) is 10.6. The summed E-state index contributed by atoms with van der Waals surface area (Å²) < 4.78 is 6.91. The second kappa shape index (κ2) is 8.12. The van der Waals surface area contributed by atoms with Crippen molar-refractivity contribution < 1.29 is 14.0 Å². The molecule has 0 bridgehead atoms. The highest BCUT2D eigenvalue weighted by atomic mass is 35.5. The number of aryl methyl sites for hydroxylation is 1. The number of benzene rings is 1. The fraction of sp³-hybridized carbons (Fsp3) is 0.217. The van der Waals surface area contributed by atoms with Gasteiger partial charge in [0.05, 0.1) is 33.6 Å². The van der Waals surface area contributed by atoms with Gasteiger partial charge in [-0.25, -0.2) is 9.67 Å². The van der Waals surface area contributed by atoms with Gasteiger partial charge in [-0.05, 0) is 31.2 Å². The molecule has 5 rings (SSSR count). The smallest absolute Gasteiger partial charge is 0.289 e. The fourth-order valence-corrected chi connectivity index (χ4v) is 4.30. The van der Waals surface area contributed by atoms with Crippen molar-refractivity contribution >= 4 is 34.4 Å². The molecule has 0 aliphatic carbocycles. The highest BCUT2D eigenvalue weighted by Crippen LogP contribution is 2.30. The number of aromatic nitrogens is 3. The van der Waals surface area contributed by atoms with E-state index in [0.29, 0.717) is 59.3 Å². The van der Waals surface area contributed by atoms with E-state index >= 15 is 0 Å². The van der Waals surface area contributed by atoms with E-state index < -0.39 is 0 Å². The molecule has 4 aromatic rings. The van der Waals surface area contributed by atoms with Gasteiger partial charge in [-0.3, -0.25) is 9.59 Å². The topological polar surface area (TPSA) is 84.5 Å². The molecule has 2 amide bonds. The minimum Gasteiger partial charge on any atom is -0.459 e. The van der Waals surface area contributed by atoms with Crippen LogP contribution in [0.4, 0.5) is 0 Å². The molecule has 1 aromatic carbocycles. The molecule has 8 nitrogen and oxygen atoms in total. The van der Waals surface area contributed by atoms with E-state index in [1.54, 1.807) is 26.6 Å². The molecular weight excluding hydrogens is 430 g/mol. The molecule has 0 unspecified atom stereocenters. The molecule has 0 saturated carbocycles. The molecule has 1 aliphatic heterocycles. The van der Waals surface area contributed by atoms with Gasteiger partial charge in [0, 0.05) is 32.4 Å². The molecule has 0 atom stereocenters. The Kier molecular flexibility index (Phi) is 5.14. The summed E-state index contributed by atoms with van der Waals surface area (Å²) in [6.07, 6.45) is 2.98. The van der Waals surface area contributed by atoms with Gasteiger partial charge in [-0.15, -0.1) is 0 Å². The highest BCUT2D eigenvalue weighted by Gasteiger charge is 2.29. The number of pyridine rings is 1. The maximum Gasteiger partial charge on any atom is 0.289 e. The Morgan fingerprint density at radius 2 is 1.66 bits per heavy atom. The fourth-order valence-electron chi connectivity index (χ4n) is 3.95. The van der Waals surface area contributed by atoms with E-state index in [1.807, 2.05) is 37.3 Å². The summed E-state index contributed by atoms with van der Waals surface area (Å²) in [5, 5.41) is 5.58. The number of amides is 2. The van der Waals surface area contributed by atoms with Crippen molar-refractivity contribution in [3.05, 3.63) is 77.0 Å². The first kappa shape index (κ1) is 20.3. The summed E-state index contributed by atoms with van der Waals surface area (Å²) in [5.74, 6) is -0.0816. The molecule has 3 aromatic heterocycles. The van der Waals surface area contributed by atoms with Crippen LogP contribution in [-0.4, -0.2) is 62.6 Å². The van der Waals surface area contributed by atoms with Crippen LogP contribution in [0.25, 0.3) is 16.7 Å². The number of furan rings is 1. The number of halogens is 1. The van der Waals surface area contributed by atoms with E-state index in [0.717, 1.165) is 5.69 Å². The van der Waals surface area contributed by atoms with Crippen molar-refractivity contribution in [2.75, 3.05) is 26.2 Å². The predicted molar refractivity (Wildman–Crippen MR) is 119 cm³/mol. The summed E-state index contributed by atoms with van der Waals surface area (Å²) in [6.45, 7) is 3.50. The quantitative estimate of drug-likeness (QED) is 0.477. The van der Waals surface area contributed by atoms with Crippen LogP contribution >= 0.6 is 11.6 Å². The van der Waals surface area contributed by atoms with Crippen molar-refractivity contribution in [3.63, 3.8) is 0 Å². The number of para-hydroxylation sites is 1. The normalized spacial score (nSPS) is 14.2. The van der Waals surface area contributed by atoms with E-state index in [1.165, 1.54) is 12.5 Å². The highest BCUT2D eigenvalue weighted by molar-refractivity contribution is 6.38. The van der Waals surface area contributed by atoms with Gasteiger partial charge in [-0.1, -0.05) is 29.8 Å². The van der Waals surface area contributed by atoms with Crippen molar-refractivity contribution in [2.45, 2.75) is 6.92 Å². The molecule has 1 saturated heterocycles. The number of fused-ring (bicyclic) bond motifs is 1. The molecular formula is C23H20ClN5O3. The lowest BCUT2D eigenvalue weighted by Crippen LogP contribution is -2.50. The third-order valence-electron chi connectivity index (χ3n) is 5.63. The third kappa shape index (κ3) is 3.42. The number of hydrogen-bond donors (Lipinski definition) is 0. The lowest BCUT2D eigenvalue weighted by Gasteiger charge is -2.34. The zero-order valence-corrected chi connectivity index (χ0v) is 18.1. The summed E-state index contributed by atoms with van der Waals surface area (Å²) in [7, 11) is 0. The van der Waals surface area contributed by atoms with Crippen LogP contribution in [-0.2, 0) is 0 Å². The van der Waals surface area contributed by atoms with Crippen molar-refractivity contribution in [2.24, 2.45) is 0 Å². The predicted octanol–water partition coefficient (Wildman–Crippen LogP) is 3.57. The largest absolute Gasteiger partial charge is 0.459 e. The second-order valence-electron chi connectivity index (χ2n) is 7.58. The molecule has 32 heavy (non-hydrogen) atoms. The van der Waals surface area contributed by atoms with E-state index in [4.69, 9.17) is 16.0 Å².